The van der Waals surface area contributed by atoms with Crippen molar-refractivity contribution in [2.24, 2.45) is 23.7 Å². The minimum atomic E-state index is -0.0221. The van der Waals surface area contributed by atoms with Crippen molar-refractivity contribution in [3.63, 3.8) is 0 Å². The number of piperidine rings is 1. The zero-order valence-corrected chi connectivity index (χ0v) is 19.5. The van der Waals surface area contributed by atoms with Crippen molar-refractivity contribution in [2.45, 2.75) is 45.6 Å². The standard InChI is InChI=1S/C25H38N2O4/c1-16(2)9-19-14-27-8-6-17-11-23(29-3)24(30-4)12-21(17)22(27)10-20(19)15-31-25(28)18-5-7-26-13-18/h11-12,16,18-20,22,26H,5-10,13-15H2,1-4H3/t18-,19-,20+,22-/m1/s1. The maximum atomic E-state index is 12.5. The van der Waals surface area contributed by atoms with Crippen LogP contribution in [0.5, 0.6) is 11.5 Å². The number of hydrogen-bond donors (Lipinski definition) is 1. The molecular formula is C25H38N2O4. The molecule has 0 aromatic heterocycles. The monoisotopic (exact) mass is 430 g/mol. The molecule has 0 unspecified atom stereocenters. The predicted molar refractivity (Wildman–Crippen MR) is 121 cm³/mol. The lowest BCUT2D eigenvalue weighted by Gasteiger charge is -2.47. The molecule has 3 aliphatic rings. The Morgan fingerprint density at radius 2 is 1.97 bits per heavy atom. The predicted octanol–water partition coefficient (Wildman–Crippen LogP) is 3.44. The Hall–Kier alpha value is -1.79. The fraction of sp³-hybridized carbons (Fsp3) is 0.720. The molecule has 0 aliphatic carbocycles. The van der Waals surface area contributed by atoms with Gasteiger partial charge in [0.15, 0.2) is 11.5 Å². The van der Waals surface area contributed by atoms with Crippen LogP contribution >= 0.6 is 0 Å². The highest BCUT2D eigenvalue weighted by Gasteiger charge is 2.40. The molecule has 6 nitrogen and oxygen atoms in total. The van der Waals surface area contributed by atoms with E-state index in [1.807, 2.05) is 0 Å². The van der Waals surface area contributed by atoms with Crippen LogP contribution in [0.4, 0.5) is 0 Å². The first kappa shape index (κ1) is 22.4. The Labute approximate surface area is 186 Å². The summed E-state index contributed by atoms with van der Waals surface area (Å²) >= 11 is 0. The zero-order valence-electron chi connectivity index (χ0n) is 19.5. The Kier molecular flexibility index (Phi) is 7.07. The van der Waals surface area contributed by atoms with E-state index in [0.29, 0.717) is 30.4 Å². The number of ether oxygens (including phenoxy) is 3. The normalized spacial score (nSPS) is 28.2. The minimum absolute atomic E-state index is 0.0221. The second kappa shape index (κ2) is 9.78. The number of benzene rings is 1. The van der Waals surface area contributed by atoms with Crippen LogP contribution in [0.15, 0.2) is 12.1 Å². The Balaban J connectivity index is 1.53. The molecule has 172 valence electrons. The van der Waals surface area contributed by atoms with Crippen molar-refractivity contribution in [1.29, 1.82) is 0 Å². The summed E-state index contributed by atoms with van der Waals surface area (Å²) in [4.78, 5) is 15.2. The van der Waals surface area contributed by atoms with Crippen LogP contribution in [0.25, 0.3) is 0 Å². The first-order valence-electron chi connectivity index (χ1n) is 11.9. The van der Waals surface area contributed by atoms with Gasteiger partial charge in [0.25, 0.3) is 0 Å². The molecule has 2 saturated heterocycles. The molecule has 4 atom stereocenters. The lowest BCUT2D eigenvalue weighted by atomic mass is 9.74. The third kappa shape index (κ3) is 4.85. The molecular weight excluding hydrogens is 392 g/mol. The third-order valence-electron chi connectivity index (χ3n) is 7.38. The SMILES string of the molecule is COc1cc2c(cc1OC)[C@H]1C[C@@H](COC(=O)[C@@H]3CCNC3)[C@H](CC(C)C)CN1CC2. The van der Waals surface area contributed by atoms with E-state index in [1.165, 1.54) is 17.5 Å². The van der Waals surface area contributed by atoms with Gasteiger partial charge in [-0.05, 0) is 73.2 Å². The highest BCUT2D eigenvalue weighted by molar-refractivity contribution is 5.73. The molecule has 3 heterocycles. The molecule has 0 bridgehead atoms. The summed E-state index contributed by atoms with van der Waals surface area (Å²) in [7, 11) is 3.39. The number of esters is 1. The number of nitrogens with zero attached hydrogens (tertiary/aromatic N) is 1. The number of carbonyl (C=O) groups excluding carboxylic acids is 1. The maximum Gasteiger partial charge on any atom is 0.310 e. The van der Waals surface area contributed by atoms with Crippen molar-refractivity contribution in [2.75, 3.05) is 47.0 Å². The molecule has 1 N–H and O–H groups in total. The van der Waals surface area contributed by atoms with Crippen LogP contribution in [-0.2, 0) is 16.0 Å². The summed E-state index contributed by atoms with van der Waals surface area (Å²) in [5.74, 6) is 3.19. The van der Waals surface area contributed by atoms with E-state index in [1.54, 1.807) is 14.2 Å². The largest absolute Gasteiger partial charge is 0.493 e. The van der Waals surface area contributed by atoms with Gasteiger partial charge in [-0.3, -0.25) is 9.69 Å². The van der Waals surface area contributed by atoms with E-state index in [0.717, 1.165) is 56.9 Å². The second-order valence-electron chi connectivity index (χ2n) is 9.87. The lowest BCUT2D eigenvalue weighted by Crippen LogP contribution is -2.47. The molecule has 0 spiro atoms. The van der Waals surface area contributed by atoms with Gasteiger partial charge in [-0.15, -0.1) is 0 Å². The molecule has 0 amide bonds. The van der Waals surface area contributed by atoms with Crippen molar-refractivity contribution < 1.29 is 19.0 Å². The van der Waals surface area contributed by atoms with Gasteiger partial charge in [0, 0.05) is 25.7 Å². The number of nitrogens with one attached hydrogen (secondary N) is 1. The molecule has 2 fully saturated rings. The Morgan fingerprint density at radius 3 is 2.65 bits per heavy atom. The van der Waals surface area contributed by atoms with Gasteiger partial charge in [-0.2, -0.15) is 0 Å². The summed E-state index contributed by atoms with van der Waals surface area (Å²) in [5, 5.41) is 3.26. The summed E-state index contributed by atoms with van der Waals surface area (Å²) in [5.41, 5.74) is 2.71. The number of methoxy groups -OCH3 is 2. The van der Waals surface area contributed by atoms with Crippen molar-refractivity contribution in [3.05, 3.63) is 23.3 Å². The molecule has 0 radical (unpaired) electrons. The molecule has 4 rings (SSSR count). The minimum Gasteiger partial charge on any atom is -0.493 e. The van der Waals surface area contributed by atoms with E-state index in [4.69, 9.17) is 14.2 Å². The highest BCUT2D eigenvalue weighted by Crippen LogP contribution is 2.45. The summed E-state index contributed by atoms with van der Waals surface area (Å²) in [6.07, 6.45) is 4.13. The van der Waals surface area contributed by atoms with Gasteiger partial charge >= 0.3 is 5.97 Å². The highest BCUT2D eigenvalue weighted by atomic mass is 16.5. The van der Waals surface area contributed by atoms with Gasteiger partial charge in [-0.1, -0.05) is 13.8 Å². The van der Waals surface area contributed by atoms with Crippen molar-refractivity contribution >= 4 is 5.97 Å². The van der Waals surface area contributed by atoms with Crippen molar-refractivity contribution in [3.8, 4) is 11.5 Å². The van der Waals surface area contributed by atoms with Crippen LogP contribution in [0.2, 0.25) is 0 Å². The molecule has 31 heavy (non-hydrogen) atoms. The summed E-state index contributed by atoms with van der Waals surface area (Å²) in [6, 6.07) is 4.67. The number of fused-ring (bicyclic) bond motifs is 3. The zero-order chi connectivity index (χ0) is 22.0. The maximum absolute atomic E-state index is 12.5. The molecule has 1 aromatic carbocycles. The Morgan fingerprint density at radius 1 is 1.19 bits per heavy atom. The van der Waals surface area contributed by atoms with Gasteiger partial charge in [0.2, 0.25) is 0 Å². The third-order valence-corrected chi connectivity index (χ3v) is 7.38. The molecule has 3 aliphatic heterocycles. The second-order valence-corrected chi connectivity index (χ2v) is 9.87. The quantitative estimate of drug-likeness (QED) is 0.669. The van der Waals surface area contributed by atoms with Crippen LogP contribution in [0, 0.1) is 23.7 Å². The van der Waals surface area contributed by atoms with Crippen LogP contribution in [0.1, 0.15) is 50.3 Å². The van der Waals surface area contributed by atoms with E-state index >= 15 is 0 Å². The summed E-state index contributed by atoms with van der Waals surface area (Å²) in [6.45, 7) is 8.94. The van der Waals surface area contributed by atoms with Gasteiger partial charge in [-0.25, -0.2) is 0 Å². The van der Waals surface area contributed by atoms with Crippen LogP contribution in [-0.4, -0.2) is 57.9 Å². The first-order valence-corrected chi connectivity index (χ1v) is 11.9. The number of rotatable bonds is 7. The smallest absolute Gasteiger partial charge is 0.310 e. The van der Waals surface area contributed by atoms with E-state index in [-0.39, 0.29) is 11.9 Å². The van der Waals surface area contributed by atoms with Gasteiger partial charge < -0.3 is 19.5 Å². The van der Waals surface area contributed by atoms with E-state index in [9.17, 15) is 4.79 Å². The van der Waals surface area contributed by atoms with E-state index in [2.05, 4.69) is 36.2 Å². The fourth-order valence-corrected chi connectivity index (χ4v) is 5.74. The molecule has 6 heteroatoms. The van der Waals surface area contributed by atoms with Gasteiger partial charge in [0.05, 0.1) is 26.7 Å². The number of hydrogen-bond acceptors (Lipinski definition) is 6. The fourth-order valence-electron chi connectivity index (χ4n) is 5.74. The Bertz CT molecular complexity index is 775. The van der Waals surface area contributed by atoms with Crippen LogP contribution in [0.3, 0.4) is 0 Å². The molecule has 1 aromatic rings. The van der Waals surface area contributed by atoms with Crippen molar-refractivity contribution in [1.82, 2.24) is 10.2 Å². The topological polar surface area (TPSA) is 60.0 Å². The van der Waals surface area contributed by atoms with Gasteiger partial charge in [0.1, 0.15) is 0 Å². The summed E-state index contributed by atoms with van der Waals surface area (Å²) < 4.78 is 17.0. The van der Waals surface area contributed by atoms with E-state index < -0.39 is 0 Å². The number of carbonyl (C=O) groups is 1. The first-order chi connectivity index (χ1) is 15.0. The van der Waals surface area contributed by atoms with Crippen LogP contribution < -0.4 is 14.8 Å². The average molecular weight is 431 g/mol. The molecule has 0 saturated carbocycles. The average Bonchev–Trinajstić information content (AvgIpc) is 3.31. The lowest BCUT2D eigenvalue weighted by molar-refractivity contribution is -0.151.